The lowest BCUT2D eigenvalue weighted by Gasteiger charge is -2.12. The monoisotopic (exact) mass is 540 g/mol. The van der Waals surface area contributed by atoms with Gasteiger partial charge in [-0.3, -0.25) is 4.79 Å². The predicted octanol–water partition coefficient (Wildman–Crippen LogP) is 6.33. The zero-order chi connectivity index (χ0) is 26.6. The Morgan fingerprint density at radius 2 is 1.62 bits per heavy atom. The quantitative estimate of drug-likeness (QED) is 0.164. The Kier molecular flexibility index (Phi) is 10.7. The molecule has 0 radical (unpaired) electrons. The van der Waals surface area contributed by atoms with Gasteiger partial charge in [-0.15, -0.1) is 0 Å². The zero-order valence-electron chi connectivity index (χ0n) is 20.4. The molecule has 3 rings (SSSR count). The first-order valence-electron chi connectivity index (χ1n) is 11.4. The van der Waals surface area contributed by atoms with E-state index in [-0.39, 0.29) is 22.2 Å². The predicted molar refractivity (Wildman–Crippen MR) is 145 cm³/mol. The number of nitrogens with one attached hydrogen (secondary N) is 1. The zero-order valence-corrected chi connectivity index (χ0v) is 21.9. The molecule has 0 aliphatic rings. The Bertz CT molecular complexity index is 1260. The van der Waals surface area contributed by atoms with Crippen LogP contribution in [0.15, 0.2) is 66.2 Å². The van der Waals surface area contributed by atoms with Crippen LogP contribution in [0.4, 0.5) is 5.69 Å². The summed E-state index contributed by atoms with van der Waals surface area (Å²) in [5.74, 6) is 1.21. The van der Waals surface area contributed by atoms with Crippen LogP contribution < -0.4 is 19.5 Å². The maximum absolute atomic E-state index is 12.5. The average Bonchev–Trinajstić information content (AvgIpc) is 2.89. The summed E-state index contributed by atoms with van der Waals surface area (Å²) in [4.78, 5) is 12.5. The van der Waals surface area contributed by atoms with Crippen molar-refractivity contribution >= 4 is 40.9 Å². The standard InChI is InChI=1S/C28H26Cl2N2O5/c1-19-5-3-4-6-26(19)36-13-11-35-12-14-37-27-24(29)16-20(17-25(27)30)15-21(18-31)28(33)32-22-7-9-23(34-2)10-8-22/h3-10,15-17H,11-14H2,1-2H3,(H,32,33)/b21-15+. The molecule has 0 atom stereocenters. The highest BCUT2D eigenvalue weighted by Gasteiger charge is 2.13. The first-order valence-corrected chi connectivity index (χ1v) is 12.1. The Hall–Kier alpha value is -3.70. The number of carbonyl (C=O) groups is 1. The van der Waals surface area contributed by atoms with Gasteiger partial charge in [0.1, 0.15) is 36.4 Å². The molecule has 0 aliphatic heterocycles. The second-order valence-corrected chi connectivity index (χ2v) is 8.56. The molecule has 192 valence electrons. The van der Waals surface area contributed by atoms with Gasteiger partial charge in [0.25, 0.3) is 5.91 Å². The van der Waals surface area contributed by atoms with Crippen LogP contribution >= 0.6 is 23.2 Å². The number of halogens is 2. The summed E-state index contributed by atoms with van der Waals surface area (Å²) in [5.41, 5.74) is 1.95. The van der Waals surface area contributed by atoms with E-state index in [1.54, 1.807) is 43.5 Å². The summed E-state index contributed by atoms with van der Waals surface area (Å²) in [6.07, 6.45) is 1.40. The maximum Gasteiger partial charge on any atom is 0.266 e. The van der Waals surface area contributed by atoms with E-state index in [1.807, 2.05) is 37.3 Å². The van der Waals surface area contributed by atoms with Crippen LogP contribution in [0.3, 0.4) is 0 Å². The topological polar surface area (TPSA) is 89.8 Å². The van der Waals surface area contributed by atoms with Crippen molar-refractivity contribution in [2.75, 3.05) is 38.9 Å². The Morgan fingerprint density at radius 3 is 2.24 bits per heavy atom. The number of para-hydroxylation sites is 1. The molecule has 1 N–H and O–H groups in total. The van der Waals surface area contributed by atoms with Crippen molar-refractivity contribution < 1.29 is 23.7 Å². The van der Waals surface area contributed by atoms with E-state index in [0.717, 1.165) is 11.3 Å². The number of hydrogen-bond acceptors (Lipinski definition) is 6. The Balaban J connectivity index is 1.51. The molecule has 1 amide bonds. The number of benzene rings is 3. The highest BCUT2D eigenvalue weighted by molar-refractivity contribution is 6.37. The third kappa shape index (κ3) is 8.43. The van der Waals surface area contributed by atoms with E-state index in [2.05, 4.69) is 5.32 Å². The number of nitriles is 1. The number of nitrogens with zero attached hydrogens (tertiary/aromatic N) is 1. The van der Waals surface area contributed by atoms with Crippen molar-refractivity contribution in [3.05, 3.63) is 87.4 Å². The lowest BCUT2D eigenvalue weighted by atomic mass is 10.1. The minimum absolute atomic E-state index is 0.113. The van der Waals surface area contributed by atoms with E-state index in [9.17, 15) is 10.1 Å². The molecular formula is C28H26Cl2N2O5. The second kappa shape index (κ2) is 14.1. The molecule has 0 aromatic heterocycles. The maximum atomic E-state index is 12.5. The van der Waals surface area contributed by atoms with Gasteiger partial charge >= 0.3 is 0 Å². The first kappa shape index (κ1) is 27.9. The lowest BCUT2D eigenvalue weighted by Crippen LogP contribution is -2.13. The fraction of sp³-hybridized carbons (Fsp3) is 0.214. The van der Waals surface area contributed by atoms with Gasteiger partial charge in [0.2, 0.25) is 0 Å². The molecular weight excluding hydrogens is 515 g/mol. The third-order valence-corrected chi connectivity index (χ3v) is 5.66. The van der Waals surface area contributed by atoms with Crippen molar-refractivity contribution in [3.63, 3.8) is 0 Å². The Labute approximate surface area is 226 Å². The molecule has 37 heavy (non-hydrogen) atoms. The third-order valence-electron chi connectivity index (χ3n) is 5.10. The number of amides is 1. The minimum Gasteiger partial charge on any atom is -0.497 e. The molecule has 3 aromatic rings. The van der Waals surface area contributed by atoms with Crippen molar-refractivity contribution in [1.82, 2.24) is 0 Å². The van der Waals surface area contributed by atoms with Crippen LogP contribution in [0.5, 0.6) is 17.2 Å². The summed E-state index contributed by atoms with van der Waals surface area (Å²) < 4.78 is 22.0. The molecule has 0 aliphatic carbocycles. The Morgan fingerprint density at radius 1 is 0.973 bits per heavy atom. The summed E-state index contributed by atoms with van der Waals surface area (Å²) in [6.45, 7) is 3.35. The number of anilines is 1. The van der Waals surface area contributed by atoms with Gasteiger partial charge in [0, 0.05) is 5.69 Å². The first-order chi connectivity index (χ1) is 17.9. The number of ether oxygens (including phenoxy) is 4. The summed E-state index contributed by atoms with van der Waals surface area (Å²) >= 11 is 12.7. The van der Waals surface area contributed by atoms with Gasteiger partial charge in [-0.25, -0.2) is 0 Å². The number of rotatable bonds is 12. The fourth-order valence-electron chi connectivity index (χ4n) is 3.22. The van der Waals surface area contributed by atoms with Crippen LogP contribution in [0.2, 0.25) is 10.0 Å². The van der Waals surface area contributed by atoms with Gasteiger partial charge in [0.05, 0.1) is 30.4 Å². The van der Waals surface area contributed by atoms with E-state index in [0.29, 0.717) is 42.6 Å². The molecule has 9 heteroatoms. The number of methoxy groups -OCH3 is 1. The van der Waals surface area contributed by atoms with Crippen molar-refractivity contribution in [1.29, 1.82) is 5.26 Å². The summed E-state index contributed by atoms with van der Waals surface area (Å²) in [5, 5.41) is 12.6. The van der Waals surface area contributed by atoms with Crippen LogP contribution in [0.25, 0.3) is 6.08 Å². The highest BCUT2D eigenvalue weighted by atomic mass is 35.5. The number of aryl methyl sites for hydroxylation is 1. The smallest absolute Gasteiger partial charge is 0.266 e. The average molecular weight is 541 g/mol. The SMILES string of the molecule is COc1ccc(NC(=O)/C(C#N)=C/c2cc(Cl)c(OCCOCCOc3ccccc3C)c(Cl)c2)cc1. The van der Waals surface area contributed by atoms with Crippen molar-refractivity contribution in [2.45, 2.75) is 6.92 Å². The van der Waals surface area contributed by atoms with Crippen molar-refractivity contribution in [3.8, 4) is 23.3 Å². The number of carbonyl (C=O) groups excluding carboxylic acids is 1. The van der Waals surface area contributed by atoms with Gasteiger partial charge < -0.3 is 24.3 Å². The van der Waals surface area contributed by atoms with Crippen LogP contribution in [-0.2, 0) is 9.53 Å². The molecule has 0 spiro atoms. The van der Waals surface area contributed by atoms with E-state index in [4.69, 9.17) is 42.1 Å². The molecule has 0 saturated carbocycles. The second-order valence-electron chi connectivity index (χ2n) is 7.74. The van der Waals surface area contributed by atoms with Crippen molar-refractivity contribution in [2.24, 2.45) is 0 Å². The van der Waals surface area contributed by atoms with Crippen LogP contribution in [0, 0.1) is 18.3 Å². The minimum atomic E-state index is -0.566. The van der Waals surface area contributed by atoms with Crippen LogP contribution in [0.1, 0.15) is 11.1 Å². The largest absolute Gasteiger partial charge is 0.497 e. The molecule has 3 aromatic carbocycles. The van der Waals surface area contributed by atoms with Gasteiger partial charge in [-0.05, 0) is 66.6 Å². The molecule has 0 fully saturated rings. The van der Waals surface area contributed by atoms with E-state index >= 15 is 0 Å². The lowest BCUT2D eigenvalue weighted by molar-refractivity contribution is -0.112. The number of hydrogen-bond donors (Lipinski definition) is 1. The summed E-state index contributed by atoms with van der Waals surface area (Å²) in [6, 6.07) is 19.6. The summed E-state index contributed by atoms with van der Waals surface area (Å²) in [7, 11) is 1.55. The van der Waals surface area contributed by atoms with Gasteiger partial charge in [-0.2, -0.15) is 5.26 Å². The highest BCUT2D eigenvalue weighted by Crippen LogP contribution is 2.35. The van der Waals surface area contributed by atoms with Crippen LogP contribution in [-0.4, -0.2) is 39.4 Å². The van der Waals surface area contributed by atoms with E-state index in [1.165, 1.54) is 6.08 Å². The molecule has 0 bridgehead atoms. The molecule has 0 unspecified atom stereocenters. The van der Waals surface area contributed by atoms with E-state index < -0.39 is 5.91 Å². The van der Waals surface area contributed by atoms with Gasteiger partial charge in [-0.1, -0.05) is 41.4 Å². The van der Waals surface area contributed by atoms with Gasteiger partial charge in [0.15, 0.2) is 5.75 Å². The molecule has 0 heterocycles. The normalized spacial score (nSPS) is 10.9. The fourth-order valence-corrected chi connectivity index (χ4v) is 3.84. The molecule has 7 nitrogen and oxygen atoms in total. The molecule has 0 saturated heterocycles.